The van der Waals surface area contributed by atoms with Gasteiger partial charge in [-0.2, -0.15) is 4.52 Å². The van der Waals surface area contributed by atoms with Crippen LogP contribution in [0.3, 0.4) is 0 Å². The van der Waals surface area contributed by atoms with Crippen LogP contribution >= 0.6 is 11.8 Å². The Morgan fingerprint density at radius 1 is 1.22 bits per heavy atom. The molecule has 2 aromatic heterocycles. The number of benzene rings is 2. The average Bonchev–Trinajstić information content (AvgIpc) is 3.60. The molecule has 1 aliphatic rings. The van der Waals surface area contributed by atoms with Crippen molar-refractivity contribution >= 4 is 39.9 Å². The number of non-ortho nitro benzene ring substituents is 1. The van der Waals surface area contributed by atoms with Crippen molar-refractivity contribution in [3.8, 4) is 22.9 Å². The minimum absolute atomic E-state index is 0.0262. The van der Waals surface area contributed by atoms with Gasteiger partial charge in [-0.25, -0.2) is 9.97 Å². The molecule has 1 amide bonds. The van der Waals surface area contributed by atoms with Gasteiger partial charge in [0.05, 0.1) is 36.5 Å². The Morgan fingerprint density at radius 2 is 1.97 bits per heavy atom. The SMILES string of the molecule is COc1cc2nc(SCC(=O)NC[C@H]3CCCO3)n3nc(-c4ccc([N+](=O)[O-])cc4)nc3c2cc1OC. The van der Waals surface area contributed by atoms with E-state index in [1.807, 2.05) is 0 Å². The number of amides is 1. The van der Waals surface area contributed by atoms with Crippen LogP contribution in [0.1, 0.15) is 12.8 Å². The van der Waals surface area contributed by atoms with Gasteiger partial charge >= 0.3 is 0 Å². The van der Waals surface area contributed by atoms with Gasteiger partial charge in [-0.1, -0.05) is 11.8 Å². The van der Waals surface area contributed by atoms with E-state index in [0.717, 1.165) is 19.4 Å². The van der Waals surface area contributed by atoms with Crippen LogP contribution in [0.2, 0.25) is 0 Å². The Kier molecular flexibility index (Phi) is 7.06. The second-order valence-corrected chi connectivity index (χ2v) is 9.26. The normalized spacial score (nSPS) is 15.2. The molecule has 2 aromatic carbocycles. The number of thioether (sulfide) groups is 1. The molecule has 1 fully saturated rings. The molecule has 1 atom stereocenters. The molecule has 0 saturated carbocycles. The molecule has 0 spiro atoms. The first-order valence-corrected chi connectivity index (χ1v) is 12.5. The summed E-state index contributed by atoms with van der Waals surface area (Å²) in [7, 11) is 3.08. The number of nitro groups is 1. The third-order valence-corrected chi connectivity index (χ3v) is 6.90. The Hall–Kier alpha value is -3.97. The number of nitrogens with one attached hydrogen (secondary N) is 1. The van der Waals surface area contributed by atoms with Gasteiger partial charge in [0.25, 0.3) is 5.69 Å². The van der Waals surface area contributed by atoms with Crippen LogP contribution in [0.4, 0.5) is 5.69 Å². The molecule has 37 heavy (non-hydrogen) atoms. The van der Waals surface area contributed by atoms with Crippen LogP contribution in [0.15, 0.2) is 41.6 Å². The lowest BCUT2D eigenvalue weighted by atomic mass is 10.2. The fraction of sp³-hybridized carbons (Fsp3) is 0.333. The van der Waals surface area contributed by atoms with E-state index in [0.29, 0.717) is 51.1 Å². The number of rotatable bonds is 9. The number of nitrogens with zero attached hydrogens (tertiary/aromatic N) is 5. The van der Waals surface area contributed by atoms with Crippen molar-refractivity contribution in [1.82, 2.24) is 24.9 Å². The number of fused-ring (bicyclic) bond motifs is 3. The molecule has 192 valence electrons. The molecule has 0 bridgehead atoms. The van der Waals surface area contributed by atoms with Crippen molar-refractivity contribution < 1.29 is 23.9 Å². The molecule has 0 radical (unpaired) electrons. The molecule has 12 nitrogen and oxygen atoms in total. The van der Waals surface area contributed by atoms with Crippen molar-refractivity contribution in [3.63, 3.8) is 0 Å². The van der Waals surface area contributed by atoms with Crippen molar-refractivity contribution in [1.29, 1.82) is 0 Å². The van der Waals surface area contributed by atoms with Crippen molar-refractivity contribution in [2.75, 3.05) is 33.1 Å². The summed E-state index contributed by atoms with van der Waals surface area (Å²) >= 11 is 1.23. The van der Waals surface area contributed by atoms with Crippen LogP contribution < -0.4 is 14.8 Å². The lowest BCUT2D eigenvalue weighted by molar-refractivity contribution is -0.384. The number of methoxy groups -OCH3 is 2. The molecule has 3 heterocycles. The highest BCUT2D eigenvalue weighted by Crippen LogP contribution is 2.35. The lowest BCUT2D eigenvalue weighted by Gasteiger charge is -2.12. The fourth-order valence-electron chi connectivity index (χ4n) is 4.07. The first kappa shape index (κ1) is 24.7. The first-order valence-electron chi connectivity index (χ1n) is 11.5. The zero-order valence-electron chi connectivity index (χ0n) is 20.2. The van der Waals surface area contributed by atoms with E-state index in [4.69, 9.17) is 24.2 Å². The summed E-state index contributed by atoms with van der Waals surface area (Å²) in [5.41, 5.74) is 1.67. The van der Waals surface area contributed by atoms with Gasteiger partial charge in [0.1, 0.15) is 0 Å². The molecule has 13 heteroatoms. The standard InChI is InChI=1S/C24H24N6O6S/c1-34-19-10-17-18(11-20(19)35-2)26-24(37-13-21(31)25-12-16-4-3-9-36-16)29-23(17)27-22(28-29)14-5-7-15(8-6-14)30(32)33/h5-8,10-11,16H,3-4,9,12-13H2,1-2H3,(H,25,31)/t16-/m1/s1. The molecule has 0 aliphatic carbocycles. The van der Waals surface area contributed by atoms with E-state index >= 15 is 0 Å². The fourth-order valence-corrected chi connectivity index (χ4v) is 4.85. The maximum Gasteiger partial charge on any atom is 0.269 e. The van der Waals surface area contributed by atoms with Gasteiger partial charge in [0.15, 0.2) is 28.1 Å². The Morgan fingerprint density at radius 3 is 2.65 bits per heavy atom. The van der Waals surface area contributed by atoms with Gasteiger partial charge in [0, 0.05) is 42.3 Å². The maximum absolute atomic E-state index is 12.5. The monoisotopic (exact) mass is 524 g/mol. The van der Waals surface area contributed by atoms with Gasteiger partial charge < -0.3 is 19.5 Å². The number of hydrogen-bond donors (Lipinski definition) is 1. The second-order valence-electron chi connectivity index (χ2n) is 8.32. The molecular formula is C24H24N6O6S. The zero-order valence-corrected chi connectivity index (χ0v) is 21.0. The largest absolute Gasteiger partial charge is 0.493 e. The van der Waals surface area contributed by atoms with E-state index < -0.39 is 4.92 Å². The summed E-state index contributed by atoms with van der Waals surface area (Å²) in [5, 5.41) is 19.7. The average molecular weight is 525 g/mol. The molecular weight excluding hydrogens is 500 g/mol. The number of ether oxygens (including phenoxy) is 3. The zero-order chi connectivity index (χ0) is 25.9. The minimum Gasteiger partial charge on any atom is -0.493 e. The van der Waals surface area contributed by atoms with E-state index in [2.05, 4.69) is 10.4 Å². The third-order valence-electron chi connectivity index (χ3n) is 5.97. The Bertz CT molecular complexity index is 1470. The summed E-state index contributed by atoms with van der Waals surface area (Å²) in [6, 6.07) is 9.51. The summed E-state index contributed by atoms with van der Waals surface area (Å²) in [5.74, 6) is 1.36. The number of nitro benzene ring substituents is 1. The van der Waals surface area contributed by atoms with E-state index in [-0.39, 0.29) is 23.5 Å². The number of aromatic nitrogens is 4. The molecule has 5 rings (SSSR count). The Labute approximate surface area is 215 Å². The minimum atomic E-state index is -0.462. The predicted octanol–water partition coefficient (Wildman–Crippen LogP) is 3.26. The highest BCUT2D eigenvalue weighted by Gasteiger charge is 2.20. The smallest absolute Gasteiger partial charge is 0.269 e. The molecule has 0 unspecified atom stereocenters. The van der Waals surface area contributed by atoms with Crippen LogP contribution in [-0.2, 0) is 9.53 Å². The highest BCUT2D eigenvalue weighted by atomic mass is 32.2. The van der Waals surface area contributed by atoms with Gasteiger partial charge in [-0.3, -0.25) is 14.9 Å². The lowest BCUT2D eigenvalue weighted by Crippen LogP contribution is -2.32. The number of hydrogen-bond acceptors (Lipinski definition) is 10. The van der Waals surface area contributed by atoms with Crippen LogP contribution in [0.25, 0.3) is 27.9 Å². The van der Waals surface area contributed by atoms with Crippen molar-refractivity contribution in [2.45, 2.75) is 24.1 Å². The predicted molar refractivity (Wildman–Crippen MR) is 136 cm³/mol. The summed E-state index contributed by atoms with van der Waals surface area (Å²) in [6.45, 7) is 1.20. The molecule has 1 N–H and O–H groups in total. The first-order chi connectivity index (χ1) is 18.0. The summed E-state index contributed by atoms with van der Waals surface area (Å²) in [4.78, 5) is 32.5. The van der Waals surface area contributed by atoms with Crippen LogP contribution in [0.5, 0.6) is 11.5 Å². The third kappa shape index (κ3) is 5.13. The number of carbonyl (C=O) groups is 1. The summed E-state index contributed by atoms with van der Waals surface area (Å²) in [6.07, 6.45) is 2.00. The van der Waals surface area contributed by atoms with Crippen LogP contribution in [-0.4, -0.2) is 69.6 Å². The quantitative estimate of drug-likeness (QED) is 0.150. The van der Waals surface area contributed by atoms with Crippen LogP contribution in [0, 0.1) is 10.1 Å². The molecule has 4 aromatic rings. The van der Waals surface area contributed by atoms with E-state index in [1.165, 1.54) is 23.9 Å². The maximum atomic E-state index is 12.5. The van der Waals surface area contributed by atoms with E-state index in [9.17, 15) is 14.9 Å². The topological polar surface area (TPSA) is 143 Å². The second kappa shape index (κ2) is 10.6. The van der Waals surface area contributed by atoms with Gasteiger partial charge in [-0.15, -0.1) is 5.10 Å². The van der Waals surface area contributed by atoms with Crippen molar-refractivity contribution in [2.24, 2.45) is 0 Å². The number of carbonyl (C=O) groups excluding carboxylic acids is 1. The highest BCUT2D eigenvalue weighted by molar-refractivity contribution is 7.99. The van der Waals surface area contributed by atoms with Crippen molar-refractivity contribution in [3.05, 3.63) is 46.5 Å². The molecule has 1 saturated heterocycles. The van der Waals surface area contributed by atoms with Gasteiger partial charge in [-0.05, 0) is 31.0 Å². The van der Waals surface area contributed by atoms with Gasteiger partial charge in [0.2, 0.25) is 5.91 Å². The van der Waals surface area contributed by atoms with E-state index in [1.54, 1.807) is 43.0 Å². The molecule has 1 aliphatic heterocycles. The summed E-state index contributed by atoms with van der Waals surface area (Å²) < 4.78 is 18.0. The Balaban J connectivity index is 1.51.